The summed E-state index contributed by atoms with van der Waals surface area (Å²) in [5.41, 5.74) is 4.86. The number of nitrogens with one attached hydrogen (secondary N) is 2. The number of ether oxygens (including phenoxy) is 1. The summed E-state index contributed by atoms with van der Waals surface area (Å²) in [5, 5.41) is 5.37. The van der Waals surface area contributed by atoms with Crippen LogP contribution in [-0.4, -0.2) is 44.2 Å². The Morgan fingerprint density at radius 2 is 2.38 bits per heavy atom. The van der Waals surface area contributed by atoms with Crippen LogP contribution >= 0.6 is 0 Å². The maximum absolute atomic E-state index is 11.2. The van der Waals surface area contributed by atoms with Gasteiger partial charge in [0.1, 0.15) is 6.10 Å². The van der Waals surface area contributed by atoms with Crippen LogP contribution < -0.4 is 16.4 Å². The van der Waals surface area contributed by atoms with Crippen LogP contribution in [0, 0.1) is 0 Å². The van der Waals surface area contributed by atoms with Crippen molar-refractivity contribution in [3.63, 3.8) is 0 Å². The van der Waals surface area contributed by atoms with E-state index in [9.17, 15) is 9.59 Å². The van der Waals surface area contributed by atoms with Gasteiger partial charge in [-0.2, -0.15) is 0 Å². The molecule has 0 radical (unpaired) electrons. The molecule has 1 fully saturated rings. The molecule has 0 spiro atoms. The van der Waals surface area contributed by atoms with Gasteiger partial charge in [-0.05, 0) is 0 Å². The summed E-state index contributed by atoms with van der Waals surface area (Å²) in [6.07, 6.45) is -0.506. The maximum Gasteiger partial charge on any atom is 0.250 e. The zero-order chi connectivity index (χ0) is 9.68. The molecule has 1 aliphatic heterocycles. The Bertz CT molecular complexity index is 201. The molecule has 0 saturated carbocycles. The Morgan fingerprint density at radius 1 is 1.62 bits per heavy atom. The van der Waals surface area contributed by atoms with E-state index in [-0.39, 0.29) is 12.5 Å². The largest absolute Gasteiger partial charge is 0.368 e. The fourth-order valence-electron chi connectivity index (χ4n) is 1.02. The molecule has 74 valence electrons. The van der Waals surface area contributed by atoms with Gasteiger partial charge in [0.05, 0.1) is 13.2 Å². The number of rotatable bonds is 3. The summed E-state index contributed by atoms with van der Waals surface area (Å²) >= 11 is 0. The maximum atomic E-state index is 11.2. The van der Waals surface area contributed by atoms with E-state index < -0.39 is 12.0 Å². The van der Waals surface area contributed by atoms with Crippen molar-refractivity contribution in [3.8, 4) is 0 Å². The van der Waals surface area contributed by atoms with Gasteiger partial charge < -0.3 is 21.1 Å². The van der Waals surface area contributed by atoms with Crippen molar-refractivity contribution >= 4 is 11.8 Å². The summed E-state index contributed by atoms with van der Waals surface area (Å²) in [5.74, 6) is -0.858. The molecular formula is C7H13N3O3. The lowest BCUT2D eigenvalue weighted by molar-refractivity contribution is -0.135. The van der Waals surface area contributed by atoms with Crippen LogP contribution in [0.25, 0.3) is 0 Å². The van der Waals surface area contributed by atoms with E-state index in [4.69, 9.17) is 10.5 Å². The first kappa shape index (κ1) is 9.94. The van der Waals surface area contributed by atoms with Crippen molar-refractivity contribution in [2.75, 3.05) is 26.2 Å². The number of morpholine rings is 1. The first-order chi connectivity index (χ1) is 6.20. The SMILES string of the molecule is NC(=O)CNC(=O)C1CNCCO1. The first-order valence-electron chi connectivity index (χ1n) is 4.08. The average Bonchev–Trinajstić information content (AvgIpc) is 2.15. The first-order valence-corrected chi connectivity index (χ1v) is 4.08. The number of carbonyl (C=O) groups is 2. The van der Waals surface area contributed by atoms with E-state index in [0.717, 1.165) is 6.54 Å². The van der Waals surface area contributed by atoms with Crippen LogP contribution in [0.15, 0.2) is 0 Å². The molecule has 1 heterocycles. The molecule has 0 aromatic rings. The van der Waals surface area contributed by atoms with Crippen LogP contribution in [0.1, 0.15) is 0 Å². The minimum absolute atomic E-state index is 0.140. The zero-order valence-corrected chi connectivity index (χ0v) is 7.21. The lowest BCUT2D eigenvalue weighted by Gasteiger charge is -2.22. The summed E-state index contributed by atoms with van der Waals surface area (Å²) in [6, 6.07) is 0. The molecule has 0 aliphatic carbocycles. The van der Waals surface area contributed by atoms with E-state index >= 15 is 0 Å². The highest BCUT2D eigenvalue weighted by Crippen LogP contribution is 1.94. The lowest BCUT2D eigenvalue weighted by atomic mass is 10.3. The van der Waals surface area contributed by atoms with Gasteiger partial charge in [-0.15, -0.1) is 0 Å². The Hall–Kier alpha value is -1.14. The number of hydrogen-bond donors (Lipinski definition) is 3. The van der Waals surface area contributed by atoms with Crippen molar-refractivity contribution in [1.29, 1.82) is 0 Å². The second kappa shape index (κ2) is 4.78. The zero-order valence-electron chi connectivity index (χ0n) is 7.21. The Morgan fingerprint density at radius 3 is 2.92 bits per heavy atom. The Kier molecular flexibility index (Phi) is 3.66. The van der Waals surface area contributed by atoms with Gasteiger partial charge in [0.2, 0.25) is 5.91 Å². The lowest BCUT2D eigenvalue weighted by Crippen LogP contribution is -2.49. The highest BCUT2D eigenvalue weighted by atomic mass is 16.5. The predicted molar refractivity (Wildman–Crippen MR) is 44.8 cm³/mol. The van der Waals surface area contributed by atoms with Gasteiger partial charge >= 0.3 is 0 Å². The van der Waals surface area contributed by atoms with Gasteiger partial charge in [0.15, 0.2) is 0 Å². The minimum Gasteiger partial charge on any atom is -0.368 e. The minimum atomic E-state index is -0.558. The van der Waals surface area contributed by atoms with Gasteiger partial charge in [-0.1, -0.05) is 0 Å². The molecule has 2 amide bonds. The van der Waals surface area contributed by atoms with Crippen molar-refractivity contribution < 1.29 is 14.3 Å². The molecule has 6 heteroatoms. The standard InChI is InChI=1S/C7H13N3O3/c8-6(11)4-10-7(12)5-3-9-1-2-13-5/h5,9H,1-4H2,(H2,8,11)(H,10,12). The van der Waals surface area contributed by atoms with E-state index in [2.05, 4.69) is 10.6 Å². The summed E-state index contributed by atoms with van der Waals surface area (Å²) in [7, 11) is 0. The molecule has 0 aromatic carbocycles. The number of primary amides is 1. The molecule has 13 heavy (non-hydrogen) atoms. The molecule has 0 aromatic heterocycles. The highest BCUT2D eigenvalue weighted by Gasteiger charge is 2.21. The summed E-state index contributed by atoms with van der Waals surface area (Å²) in [4.78, 5) is 21.6. The van der Waals surface area contributed by atoms with Gasteiger partial charge in [-0.25, -0.2) is 0 Å². The van der Waals surface area contributed by atoms with Crippen LogP contribution in [0.2, 0.25) is 0 Å². The second-order valence-corrected chi connectivity index (χ2v) is 2.75. The summed E-state index contributed by atoms with van der Waals surface area (Å²) < 4.78 is 5.15. The molecule has 1 aliphatic rings. The molecule has 1 rings (SSSR count). The van der Waals surface area contributed by atoms with Crippen molar-refractivity contribution in [2.45, 2.75) is 6.10 Å². The molecule has 4 N–H and O–H groups in total. The predicted octanol–water partition coefficient (Wildman–Crippen LogP) is -2.42. The Labute approximate surface area is 75.8 Å². The quantitative estimate of drug-likeness (QED) is 0.458. The van der Waals surface area contributed by atoms with Crippen molar-refractivity contribution in [3.05, 3.63) is 0 Å². The second-order valence-electron chi connectivity index (χ2n) is 2.75. The van der Waals surface area contributed by atoms with E-state index in [1.54, 1.807) is 0 Å². The van der Waals surface area contributed by atoms with Gasteiger partial charge in [0.25, 0.3) is 5.91 Å². The number of hydrogen-bond acceptors (Lipinski definition) is 4. The van der Waals surface area contributed by atoms with E-state index in [1.807, 2.05) is 0 Å². The van der Waals surface area contributed by atoms with Gasteiger partial charge in [0, 0.05) is 13.1 Å². The average molecular weight is 187 g/mol. The van der Waals surface area contributed by atoms with Crippen molar-refractivity contribution in [2.24, 2.45) is 5.73 Å². The van der Waals surface area contributed by atoms with E-state index in [0.29, 0.717) is 13.2 Å². The van der Waals surface area contributed by atoms with Crippen molar-refractivity contribution in [1.82, 2.24) is 10.6 Å². The van der Waals surface area contributed by atoms with Gasteiger partial charge in [-0.3, -0.25) is 9.59 Å². The third-order valence-electron chi connectivity index (χ3n) is 1.66. The molecule has 1 saturated heterocycles. The number of amides is 2. The van der Waals surface area contributed by atoms with E-state index in [1.165, 1.54) is 0 Å². The molecule has 1 atom stereocenters. The third kappa shape index (κ3) is 3.39. The fourth-order valence-corrected chi connectivity index (χ4v) is 1.02. The summed E-state index contributed by atoms with van der Waals surface area (Å²) in [6.45, 7) is 1.59. The third-order valence-corrected chi connectivity index (χ3v) is 1.66. The molecule has 6 nitrogen and oxygen atoms in total. The monoisotopic (exact) mass is 187 g/mol. The fraction of sp³-hybridized carbons (Fsp3) is 0.714. The Balaban J connectivity index is 2.25. The highest BCUT2D eigenvalue weighted by molar-refractivity contribution is 5.86. The van der Waals surface area contributed by atoms with Crippen LogP contribution in [0.3, 0.4) is 0 Å². The molecule has 0 bridgehead atoms. The normalized spacial score (nSPS) is 22.3. The smallest absolute Gasteiger partial charge is 0.250 e. The van der Waals surface area contributed by atoms with Crippen LogP contribution in [-0.2, 0) is 14.3 Å². The number of carbonyl (C=O) groups excluding carboxylic acids is 2. The topological polar surface area (TPSA) is 93.5 Å². The van der Waals surface area contributed by atoms with Crippen LogP contribution in [0.5, 0.6) is 0 Å². The van der Waals surface area contributed by atoms with Crippen LogP contribution in [0.4, 0.5) is 0 Å². The number of nitrogens with two attached hydrogens (primary N) is 1. The molecule has 1 unspecified atom stereocenters. The molecular weight excluding hydrogens is 174 g/mol.